The molecule has 0 bridgehead atoms. The van der Waals surface area contributed by atoms with Gasteiger partial charge in [-0.3, -0.25) is 0 Å². The van der Waals surface area contributed by atoms with Crippen LogP contribution < -0.4 is 0 Å². The third kappa shape index (κ3) is 7780. The van der Waals surface area contributed by atoms with Gasteiger partial charge in [0.15, 0.2) is 9.76 Å². The Morgan fingerprint density at radius 2 is 0.833 bits per heavy atom. The number of rotatable bonds is 0. The largest absolute Gasteiger partial charge is 1.00 e. The Kier molecular flexibility index (Phi) is 882. The van der Waals surface area contributed by atoms with Crippen LogP contribution in [0.25, 0.3) is 0 Å². The van der Waals surface area contributed by atoms with Crippen molar-refractivity contribution in [3.05, 3.63) is 12.0 Å². The summed E-state index contributed by atoms with van der Waals surface area (Å²) in [7, 11) is 8.59. The molecule has 0 saturated heterocycles. The van der Waals surface area contributed by atoms with E-state index in [2.05, 4.69) is 75.2 Å². The average Bonchev–Trinajstić information content (AvgIpc) is 2.79. The zero-order valence-electron chi connectivity index (χ0n) is 17.2. The Balaban J connectivity index is -0.0000000101. The van der Waals surface area contributed by atoms with Crippen LogP contribution >= 0.6 is 0 Å². The number of hydrogen-bond acceptors (Lipinski definition) is 6. The van der Waals surface area contributed by atoms with Crippen LogP contribution in [-0.4, -0.2) is 137 Å². The minimum Gasteiger partial charge on any atom is 0 e. The molecule has 0 spiro atoms. The van der Waals surface area contributed by atoms with E-state index in [0.29, 0.717) is 0 Å². The average molecular weight is 603 g/mol. The van der Waals surface area contributed by atoms with Crippen molar-refractivity contribution in [1.29, 1.82) is 0 Å². The van der Waals surface area contributed by atoms with Gasteiger partial charge in [0, 0.05) is 31.9 Å². The van der Waals surface area contributed by atoms with E-state index in [1.165, 1.54) is 0 Å². The molecule has 0 amide bonds. The van der Waals surface area contributed by atoms with Crippen LogP contribution in [0.2, 0.25) is 6.55 Å². The van der Waals surface area contributed by atoms with Crippen LogP contribution in [-0.2, 0) is 4.12 Å². The minimum absolute atomic E-state index is 0. The molecule has 0 heterocycles. The SMILES string of the molecule is C#[SiH].C#[SiH].C#[Si].C#[Si].C#[Si].C#[Si]O.C#[Si]O.C#[Si]O[Si]#C.C[SiH2]O.[C+]#[Si]O.[C+]#[Si]O.[H+].[HH].[HH]. The van der Waals surface area contributed by atoms with Crippen molar-refractivity contribution in [3.63, 3.8) is 0 Å². The summed E-state index contributed by atoms with van der Waals surface area (Å²) >= 11 is 0. The van der Waals surface area contributed by atoms with E-state index in [1.807, 2.05) is 25.9 Å². The summed E-state index contributed by atoms with van der Waals surface area (Å²) in [6.45, 7) is 1.82. The van der Waals surface area contributed by atoms with Gasteiger partial charge in [-0.1, -0.05) is 6.55 Å². The second kappa shape index (κ2) is 378. The molecule has 0 aliphatic rings. The third-order valence-electron chi connectivity index (χ3n) is 0.118. The molecule has 0 saturated carbocycles. The Hall–Kier alpha value is -0.417. The molecule has 0 aliphatic heterocycles. The second-order valence-corrected chi connectivity index (χ2v) is 4.02. The summed E-state index contributed by atoms with van der Waals surface area (Å²) in [6, 6.07) is 51.9. The van der Waals surface area contributed by atoms with Crippen molar-refractivity contribution in [2.24, 2.45) is 0 Å². The van der Waals surface area contributed by atoms with Gasteiger partial charge in [0.2, 0.25) is 36.8 Å². The molecule has 0 aromatic carbocycles. The van der Waals surface area contributed by atoms with Gasteiger partial charge in [-0.05, 0) is 19.4 Å². The quantitative estimate of drug-likeness (QED) is 0.140. The standard InChI is InChI=1S/C2H2OSi2.CH6OSi.2CH2OSi.2CHOSi.2CH2Si.3CHSi.2H2/c1-4-3-5-2;5*1-3-2;5*1-2;;/h1-2H;2H,3H2,1H3;2*1-2H;2*2H;2*1-2H;3*1H;2*1H/q;;;;2*+1;;;;;;;/p+1. The summed E-state index contributed by atoms with van der Waals surface area (Å²) in [5.41, 5.74) is 0. The molecule has 5 N–H and O–H groups in total. The molecule has 0 atom stereocenters. The molecule has 18 heteroatoms. The van der Waals surface area contributed by atoms with E-state index < -0.39 is 46.6 Å². The van der Waals surface area contributed by atoms with Crippen LogP contribution in [0.1, 0.15) is 4.28 Å². The topological polar surface area (TPSA) is 110 Å². The van der Waals surface area contributed by atoms with E-state index in [4.69, 9.17) is 48.0 Å². The summed E-state index contributed by atoms with van der Waals surface area (Å²) < 4.78 is 4.44. The molecule has 0 unspecified atom stereocenters. The molecule has 0 fully saturated rings. The molecule has 6 nitrogen and oxygen atoms in total. The van der Waals surface area contributed by atoms with Crippen LogP contribution in [0.5, 0.6) is 0 Å². The van der Waals surface area contributed by atoms with Crippen LogP contribution in [0.15, 0.2) is 0 Å². The molecule has 155 valence electrons. The molecule has 0 aromatic rings. The van der Waals surface area contributed by atoms with Gasteiger partial charge in [-0.2, -0.15) is 30.0 Å². The second-order valence-electron chi connectivity index (χ2n) is 1.14. The van der Waals surface area contributed by atoms with Crippen molar-refractivity contribution in [2.75, 3.05) is 0 Å². The van der Waals surface area contributed by atoms with E-state index >= 15 is 0 Å². The molecular formula is C12H26O6Si12+3. The maximum absolute atomic E-state index is 7.71. The third-order valence-corrected chi connectivity index (χ3v) is 1.06. The van der Waals surface area contributed by atoms with Gasteiger partial charge >= 0.3 is 41.4 Å². The fourth-order valence-electron chi connectivity index (χ4n) is 0.0340. The van der Waals surface area contributed by atoms with Crippen molar-refractivity contribution in [1.82, 2.24) is 0 Å². The van der Waals surface area contributed by atoms with Gasteiger partial charge in [0.25, 0.3) is 0 Å². The smallest absolute Gasteiger partial charge is 0 e. The van der Waals surface area contributed by atoms with Crippen molar-refractivity contribution >= 4 is 113 Å². The zero-order chi connectivity index (χ0) is 27.7. The fraction of sp³-hybridized carbons (Fsp3) is 0.0833. The van der Waals surface area contributed by atoms with Gasteiger partial charge in [-0.15, -0.1) is 24.0 Å². The predicted molar refractivity (Wildman–Crippen MR) is 149 cm³/mol. The van der Waals surface area contributed by atoms with E-state index in [-0.39, 0.29) is 22.7 Å². The predicted octanol–water partition coefficient (Wildman–Crippen LogP) is -6.02. The molecule has 30 heavy (non-hydrogen) atoms. The van der Waals surface area contributed by atoms with Gasteiger partial charge in [0.1, 0.15) is 0 Å². The zero-order valence-corrected chi connectivity index (χ0v) is 28.9. The van der Waals surface area contributed by atoms with Gasteiger partial charge < -0.3 is 18.5 Å². The van der Waals surface area contributed by atoms with E-state index in [1.54, 1.807) is 0 Å². The maximum atomic E-state index is 7.71. The molecule has 0 aliphatic carbocycles. The van der Waals surface area contributed by atoms with E-state index in [0.717, 1.165) is 0 Å². The fourth-order valence-corrected chi connectivity index (χ4v) is 0.306. The first-order valence-corrected chi connectivity index (χ1v) is 16.5. The Labute approximate surface area is 217 Å². The first-order valence-electron chi connectivity index (χ1n) is 5.51. The molecular weight excluding hydrogens is 577 g/mol. The molecule has 3 radical (unpaired) electrons. The van der Waals surface area contributed by atoms with Crippen molar-refractivity contribution in [2.45, 2.75) is 6.55 Å². The first-order chi connectivity index (χ1) is 14.5. The summed E-state index contributed by atoms with van der Waals surface area (Å²) in [4.78, 5) is 37.0. The summed E-state index contributed by atoms with van der Waals surface area (Å²) in [5.74, 6) is 0. The minimum atomic E-state index is -0.667. The Morgan fingerprint density at radius 3 is 0.833 bits per heavy atom. The summed E-state index contributed by atoms with van der Waals surface area (Å²) in [6.07, 6.45) is 0. The summed E-state index contributed by atoms with van der Waals surface area (Å²) in [5, 5.41) is 0. The molecule has 0 rings (SSSR count). The number of hydrogen-bond donors (Lipinski definition) is 5. The Morgan fingerprint density at radius 1 is 0.767 bits per heavy atom. The molecule has 0 aromatic heterocycles. The van der Waals surface area contributed by atoms with Crippen LogP contribution in [0.3, 0.4) is 0 Å². The van der Waals surface area contributed by atoms with Crippen LogP contribution in [0.4, 0.5) is 0 Å². The van der Waals surface area contributed by atoms with E-state index in [9.17, 15) is 0 Å². The van der Waals surface area contributed by atoms with Crippen molar-refractivity contribution in [3.8, 4) is 54.0 Å². The normalized spacial score (nSPS) is 3.07. The van der Waals surface area contributed by atoms with Crippen LogP contribution in [0, 0.1) is 66.0 Å². The van der Waals surface area contributed by atoms with Gasteiger partial charge in [-0.25, -0.2) is 0 Å². The van der Waals surface area contributed by atoms with Gasteiger partial charge in [0.05, 0.1) is 0 Å². The Bertz CT molecular complexity index is 492. The monoisotopic (exact) mass is 602 g/mol. The first kappa shape index (κ1) is 70.0. The van der Waals surface area contributed by atoms with Crippen molar-refractivity contribution < 1.29 is 32.4 Å². The maximum Gasteiger partial charge on any atom is 1.00 e.